The zero-order valence-electron chi connectivity index (χ0n) is 15.1. The molecule has 0 spiro atoms. The van der Waals surface area contributed by atoms with E-state index in [1.807, 2.05) is 20.8 Å². The summed E-state index contributed by atoms with van der Waals surface area (Å²) >= 11 is 0. The standard InChI is InChI=1S/C18H22N2O5/c1-10-8-11(2)13(12(9-10)20(23)24)19-14(21)18-7-6-17(5,15(22)25-18)16(18,3)4/h8-9H,6-7H2,1-5H3,(H,19,21)/t17-,18-/m1/s1. The van der Waals surface area contributed by atoms with Gasteiger partial charge in [-0.2, -0.15) is 0 Å². The van der Waals surface area contributed by atoms with Crippen LogP contribution in [0, 0.1) is 34.8 Å². The van der Waals surface area contributed by atoms with Gasteiger partial charge in [-0.1, -0.05) is 19.9 Å². The van der Waals surface area contributed by atoms with Crippen molar-refractivity contribution in [2.45, 2.75) is 53.1 Å². The molecule has 2 aliphatic rings. The van der Waals surface area contributed by atoms with Crippen LogP contribution in [0.1, 0.15) is 44.7 Å². The number of anilines is 1. The summed E-state index contributed by atoms with van der Waals surface area (Å²) in [4.78, 5) is 36.3. The van der Waals surface area contributed by atoms with Crippen molar-refractivity contribution in [1.82, 2.24) is 0 Å². The summed E-state index contributed by atoms with van der Waals surface area (Å²) in [6.07, 6.45) is 0.966. The lowest BCUT2D eigenvalue weighted by Crippen LogP contribution is -2.50. The van der Waals surface area contributed by atoms with Gasteiger partial charge in [-0.15, -0.1) is 0 Å². The lowest BCUT2D eigenvalue weighted by atomic mass is 9.66. The van der Waals surface area contributed by atoms with E-state index < -0.39 is 27.3 Å². The van der Waals surface area contributed by atoms with Crippen LogP contribution >= 0.6 is 0 Å². The smallest absolute Gasteiger partial charge is 0.313 e. The molecule has 1 aromatic carbocycles. The fraction of sp³-hybridized carbons (Fsp3) is 0.556. The van der Waals surface area contributed by atoms with Crippen LogP contribution in [0.2, 0.25) is 0 Å². The van der Waals surface area contributed by atoms with Gasteiger partial charge in [0.05, 0.1) is 10.3 Å². The van der Waals surface area contributed by atoms with Gasteiger partial charge in [0.15, 0.2) is 5.60 Å². The third kappa shape index (κ3) is 2.04. The molecule has 25 heavy (non-hydrogen) atoms. The molecule has 1 amide bonds. The summed E-state index contributed by atoms with van der Waals surface area (Å²) in [5.74, 6) is -0.879. The molecule has 1 saturated carbocycles. The Morgan fingerprint density at radius 3 is 2.36 bits per heavy atom. The molecule has 1 N–H and O–H groups in total. The van der Waals surface area contributed by atoms with Crippen molar-refractivity contribution in [3.8, 4) is 0 Å². The van der Waals surface area contributed by atoms with Gasteiger partial charge in [0, 0.05) is 11.5 Å². The number of amides is 1. The number of esters is 1. The van der Waals surface area contributed by atoms with Crippen molar-refractivity contribution >= 4 is 23.3 Å². The summed E-state index contributed by atoms with van der Waals surface area (Å²) in [5, 5.41) is 14.1. The molecule has 1 heterocycles. The van der Waals surface area contributed by atoms with Gasteiger partial charge in [-0.05, 0) is 44.7 Å². The third-order valence-corrected chi connectivity index (χ3v) is 6.34. The Morgan fingerprint density at radius 1 is 1.24 bits per heavy atom. The zero-order valence-corrected chi connectivity index (χ0v) is 15.1. The number of fused-ring (bicyclic) bond motifs is 2. The molecule has 7 nitrogen and oxygen atoms in total. The molecule has 1 aliphatic heterocycles. The third-order valence-electron chi connectivity index (χ3n) is 6.34. The van der Waals surface area contributed by atoms with E-state index in [9.17, 15) is 19.7 Å². The largest absolute Gasteiger partial charge is 0.448 e. The van der Waals surface area contributed by atoms with E-state index >= 15 is 0 Å². The molecule has 0 radical (unpaired) electrons. The second kappa shape index (κ2) is 5.03. The van der Waals surface area contributed by atoms with Gasteiger partial charge < -0.3 is 10.1 Å². The molecular formula is C18H22N2O5. The van der Waals surface area contributed by atoms with Crippen molar-refractivity contribution in [3.63, 3.8) is 0 Å². The first-order valence-corrected chi connectivity index (χ1v) is 8.27. The summed E-state index contributed by atoms with van der Waals surface area (Å²) in [7, 11) is 0. The van der Waals surface area contributed by atoms with Crippen LogP contribution in [-0.4, -0.2) is 22.4 Å². The topological polar surface area (TPSA) is 98.5 Å². The van der Waals surface area contributed by atoms with Gasteiger partial charge >= 0.3 is 5.97 Å². The number of aryl methyl sites for hydroxylation is 2. The lowest BCUT2D eigenvalue weighted by molar-refractivity contribution is -0.384. The van der Waals surface area contributed by atoms with Crippen LogP contribution in [0.15, 0.2) is 12.1 Å². The highest BCUT2D eigenvalue weighted by molar-refractivity contribution is 6.04. The monoisotopic (exact) mass is 346 g/mol. The molecular weight excluding hydrogens is 324 g/mol. The molecule has 7 heteroatoms. The number of nitrogens with one attached hydrogen (secondary N) is 1. The Balaban J connectivity index is 2.03. The van der Waals surface area contributed by atoms with Gasteiger partial charge in [-0.3, -0.25) is 19.7 Å². The number of hydrogen-bond acceptors (Lipinski definition) is 5. The number of nitro benzene ring substituents is 1. The van der Waals surface area contributed by atoms with E-state index in [4.69, 9.17) is 4.74 Å². The predicted molar refractivity (Wildman–Crippen MR) is 91.1 cm³/mol. The minimum atomic E-state index is -1.30. The summed E-state index contributed by atoms with van der Waals surface area (Å²) in [6, 6.07) is 3.19. The Hall–Kier alpha value is -2.44. The number of carbonyl (C=O) groups excluding carboxylic acids is 2. The highest BCUT2D eigenvalue weighted by Crippen LogP contribution is 2.65. The normalized spacial score (nSPS) is 29.4. The number of ether oxygens (including phenoxy) is 1. The second-order valence-electron chi connectivity index (χ2n) is 7.86. The van der Waals surface area contributed by atoms with E-state index in [1.54, 1.807) is 19.9 Å². The highest BCUT2D eigenvalue weighted by Gasteiger charge is 2.75. The maximum atomic E-state index is 13.1. The van der Waals surface area contributed by atoms with Crippen LogP contribution in [0.4, 0.5) is 11.4 Å². The van der Waals surface area contributed by atoms with Crippen molar-refractivity contribution in [2.24, 2.45) is 10.8 Å². The quantitative estimate of drug-likeness (QED) is 0.514. The Morgan fingerprint density at radius 2 is 1.88 bits per heavy atom. The minimum Gasteiger partial charge on any atom is -0.448 e. The van der Waals surface area contributed by atoms with E-state index in [1.165, 1.54) is 6.07 Å². The van der Waals surface area contributed by atoms with E-state index in [2.05, 4.69) is 5.32 Å². The number of carbonyl (C=O) groups is 2. The Bertz CT molecular complexity index is 816. The molecule has 1 saturated heterocycles. The molecule has 0 aromatic heterocycles. The average Bonchev–Trinajstić information content (AvgIpc) is 2.79. The maximum Gasteiger partial charge on any atom is 0.313 e. The van der Waals surface area contributed by atoms with Gasteiger partial charge in [0.25, 0.3) is 11.6 Å². The fourth-order valence-corrected chi connectivity index (χ4v) is 4.21. The lowest BCUT2D eigenvalue weighted by Gasteiger charge is -2.35. The number of benzene rings is 1. The number of hydrogen-bond donors (Lipinski definition) is 1. The van der Waals surface area contributed by atoms with Crippen LogP contribution in [0.25, 0.3) is 0 Å². The Labute approximate surface area is 145 Å². The van der Waals surface area contributed by atoms with Crippen molar-refractivity contribution in [3.05, 3.63) is 33.4 Å². The van der Waals surface area contributed by atoms with Crippen LogP contribution in [0.3, 0.4) is 0 Å². The molecule has 1 aliphatic carbocycles. The summed E-state index contributed by atoms with van der Waals surface area (Å²) < 4.78 is 5.54. The number of nitrogens with zero attached hydrogens (tertiary/aromatic N) is 1. The number of nitro groups is 1. The molecule has 134 valence electrons. The fourth-order valence-electron chi connectivity index (χ4n) is 4.21. The summed E-state index contributed by atoms with van der Waals surface area (Å²) in [6.45, 7) is 8.98. The van der Waals surface area contributed by atoms with Gasteiger partial charge in [0.1, 0.15) is 5.69 Å². The predicted octanol–water partition coefficient (Wildman–Crippen LogP) is 3.27. The zero-order chi connectivity index (χ0) is 18.8. The van der Waals surface area contributed by atoms with Gasteiger partial charge in [-0.25, -0.2) is 0 Å². The van der Waals surface area contributed by atoms with Gasteiger partial charge in [0.2, 0.25) is 0 Å². The molecule has 2 fully saturated rings. The van der Waals surface area contributed by atoms with E-state index in [0.29, 0.717) is 18.4 Å². The first-order chi connectivity index (χ1) is 11.5. The minimum absolute atomic E-state index is 0.155. The first kappa shape index (κ1) is 17.4. The summed E-state index contributed by atoms with van der Waals surface area (Å²) in [5.41, 5.74) is -1.40. The molecule has 2 bridgehead atoms. The van der Waals surface area contributed by atoms with Crippen LogP contribution in [-0.2, 0) is 14.3 Å². The maximum absolute atomic E-state index is 13.1. The second-order valence-corrected chi connectivity index (χ2v) is 7.86. The van der Waals surface area contributed by atoms with Crippen molar-refractivity contribution in [2.75, 3.05) is 5.32 Å². The van der Waals surface area contributed by atoms with Crippen LogP contribution in [0.5, 0.6) is 0 Å². The molecule has 1 aromatic rings. The number of rotatable bonds is 3. The van der Waals surface area contributed by atoms with Crippen molar-refractivity contribution < 1.29 is 19.2 Å². The molecule has 3 rings (SSSR count). The molecule has 2 atom stereocenters. The van der Waals surface area contributed by atoms with Crippen LogP contribution < -0.4 is 5.32 Å². The highest BCUT2D eigenvalue weighted by atomic mass is 16.6. The Kier molecular flexibility index (Phi) is 3.50. The van der Waals surface area contributed by atoms with Crippen molar-refractivity contribution in [1.29, 1.82) is 0 Å². The first-order valence-electron chi connectivity index (χ1n) is 8.27. The van der Waals surface area contributed by atoms with E-state index in [-0.39, 0.29) is 17.3 Å². The van der Waals surface area contributed by atoms with E-state index in [0.717, 1.165) is 5.56 Å². The SMILES string of the molecule is Cc1cc(C)c(NC(=O)[C@@]23CC[C@](C)(C(=O)O2)C3(C)C)c([N+](=O)[O-])c1. The molecule has 0 unspecified atom stereocenters. The average molecular weight is 346 g/mol.